The molecule has 0 atom stereocenters. The minimum Gasteiger partial charge on any atom is -0.455 e. The maximum atomic E-state index is 12.3. The number of nitrogens with one attached hydrogen (secondary N) is 1. The zero-order valence-electron chi connectivity index (χ0n) is 14.4. The topological polar surface area (TPSA) is 47.0 Å². The molecule has 0 spiro atoms. The van der Waals surface area contributed by atoms with Crippen molar-refractivity contribution in [3.05, 3.63) is 81.9 Å². The predicted molar refractivity (Wildman–Crippen MR) is 105 cm³/mol. The number of fused-ring (bicyclic) bond motifs is 1. The zero-order chi connectivity index (χ0) is 18.3. The van der Waals surface area contributed by atoms with E-state index >= 15 is 0 Å². The van der Waals surface area contributed by atoms with Crippen LogP contribution in [0.25, 0.3) is 22.0 Å². The third kappa shape index (κ3) is 2.68. The first-order valence-corrected chi connectivity index (χ1v) is 8.63. The summed E-state index contributed by atoms with van der Waals surface area (Å²) in [6.07, 6.45) is 3.61. The molecule has 2 heterocycles. The maximum Gasteiger partial charge on any atom is 0.274 e. The number of aryl methyl sites for hydroxylation is 2. The maximum absolute atomic E-state index is 12.3. The second-order valence-electron chi connectivity index (χ2n) is 6.21. The van der Waals surface area contributed by atoms with Crippen LogP contribution in [-0.2, 0) is 7.05 Å². The highest BCUT2D eigenvalue weighted by atomic mass is 35.5. The number of para-hydroxylation sites is 2. The summed E-state index contributed by atoms with van der Waals surface area (Å²) >= 11 is 6.33. The Bertz CT molecular complexity index is 1150. The van der Waals surface area contributed by atoms with Gasteiger partial charge in [0.2, 0.25) is 0 Å². The largest absolute Gasteiger partial charge is 0.455 e. The molecule has 0 fully saturated rings. The Morgan fingerprint density at radius 2 is 1.85 bits per heavy atom. The lowest BCUT2D eigenvalue weighted by Crippen LogP contribution is -2.16. The van der Waals surface area contributed by atoms with Gasteiger partial charge in [0.15, 0.2) is 0 Å². The predicted octanol–water partition coefficient (Wildman–Crippen LogP) is 5.29. The molecule has 1 N–H and O–H groups in total. The average molecular weight is 365 g/mol. The smallest absolute Gasteiger partial charge is 0.274 e. The molecule has 0 aliphatic rings. The van der Waals surface area contributed by atoms with E-state index in [1.807, 2.05) is 61.7 Å². The van der Waals surface area contributed by atoms with Gasteiger partial charge >= 0.3 is 0 Å². The first-order chi connectivity index (χ1) is 12.6. The lowest BCUT2D eigenvalue weighted by atomic mass is 10.0. The molecule has 0 aliphatic carbocycles. The van der Waals surface area contributed by atoms with Crippen molar-refractivity contribution in [3.63, 3.8) is 0 Å². The van der Waals surface area contributed by atoms with Gasteiger partial charge in [0, 0.05) is 36.0 Å². The fourth-order valence-electron chi connectivity index (χ4n) is 3.12. The lowest BCUT2D eigenvalue weighted by Gasteiger charge is -2.15. The average Bonchev–Trinajstić information content (AvgIpc) is 3.12. The Morgan fingerprint density at radius 1 is 1.04 bits per heavy atom. The van der Waals surface area contributed by atoms with E-state index in [0.717, 1.165) is 22.1 Å². The van der Waals surface area contributed by atoms with Crippen LogP contribution in [-0.4, -0.2) is 9.55 Å². The standard InChI is InChI=1S/C21H17ClN2O2/c1-13-6-5-8-17(22)20(13)26-18-9-4-3-7-14(18)16-12-24(2)21(25)19-15(16)10-11-23-19/h3-12,23H,1-2H3. The monoisotopic (exact) mass is 364 g/mol. The summed E-state index contributed by atoms with van der Waals surface area (Å²) in [6, 6.07) is 15.3. The number of aromatic amines is 1. The van der Waals surface area contributed by atoms with Crippen LogP contribution in [0.15, 0.2) is 65.7 Å². The van der Waals surface area contributed by atoms with Gasteiger partial charge in [-0.05, 0) is 30.7 Å². The van der Waals surface area contributed by atoms with Crippen molar-refractivity contribution < 1.29 is 4.74 Å². The molecule has 26 heavy (non-hydrogen) atoms. The van der Waals surface area contributed by atoms with Gasteiger partial charge in [0.25, 0.3) is 5.56 Å². The van der Waals surface area contributed by atoms with Crippen molar-refractivity contribution in [2.75, 3.05) is 0 Å². The van der Waals surface area contributed by atoms with E-state index in [2.05, 4.69) is 4.98 Å². The molecule has 0 amide bonds. The molecule has 0 saturated heterocycles. The SMILES string of the molecule is Cc1cccc(Cl)c1Oc1ccccc1-c1cn(C)c(=O)c2[nH]ccc12. The Labute approximate surface area is 155 Å². The molecular weight excluding hydrogens is 348 g/mol. The molecule has 0 saturated carbocycles. The summed E-state index contributed by atoms with van der Waals surface area (Å²) in [5.74, 6) is 1.32. The van der Waals surface area contributed by atoms with E-state index < -0.39 is 0 Å². The molecule has 2 aromatic carbocycles. The lowest BCUT2D eigenvalue weighted by molar-refractivity contribution is 0.481. The number of nitrogens with zero attached hydrogens (tertiary/aromatic N) is 1. The number of hydrogen-bond donors (Lipinski definition) is 1. The van der Waals surface area contributed by atoms with Crippen LogP contribution in [0.1, 0.15) is 5.56 Å². The van der Waals surface area contributed by atoms with Crippen molar-refractivity contribution >= 4 is 22.5 Å². The van der Waals surface area contributed by atoms with E-state index in [1.54, 1.807) is 17.8 Å². The Morgan fingerprint density at radius 3 is 2.65 bits per heavy atom. The van der Waals surface area contributed by atoms with Crippen molar-refractivity contribution in [1.29, 1.82) is 0 Å². The van der Waals surface area contributed by atoms with Crippen LogP contribution < -0.4 is 10.3 Å². The van der Waals surface area contributed by atoms with Crippen LogP contribution in [0.3, 0.4) is 0 Å². The number of pyridine rings is 1. The van der Waals surface area contributed by atoms with Crippen LogP contribution in [0.2, 0.25) is 5.02 Å². The molecule has 0 unspecified atom stereocenters. The molecule has 5 heteroatoms. The van der Waals surface area contributed by atoms with Crippen molar-refractivity contribution in [2.24, 2.45) is 7.05 Å². The van der Waals surface area contributed by atoms with Crippen LogP contribution in [0.4, 0.5) is 0 Å². The molecule has 4 aromatic rings. The summed E-state index contributed by atoms with van der Waals surface area (Å²) < 4.78 is 7.77. The van der Waals surface area contributed by atoms with Crippen LogP contribution in [0, 0.1) is 6.92 Å². The number of rotatable bonds is 3. The number of H-pyrrole nitrogens is 1. The zero-order valence-corrected chi connectivity index (χ0v) is 15.2. The number of halogens is 1. The fraction of sp³-hybridized carbons (Fsp3) is 0.0952. The molecule has 4 rings (SSSR count). The highest BCUT2D eigenvalue weighted by Gasteiger charge is 2.15. The summed E-state index contributed by atoms with van der Waals surface area (Å²) in [7, 11) is 1.74. The molecule has 0 radical (unpaired) electrons. The first kappa shape index (κ1) is 16.5. The van der Waals surface area contributed by atoms with E-state index in [0.29, 0.717) is 22.0 Å². The summed E-state index contributed by atoms with van der Waals surface area (Å²) in [5.41, 5.74) is 3.29. The minimum absolute atomic E-state index is 0.0610. The minimum atomic E-state index is -0.0610. The number of benzene rings is 2. The van der Waals surface area contributed by atoms with E-state index in [9.17, 15) is 4.79 Å². The molecule has 130 valence electrons. The third-order valence-electron chi connectivity index (χ3n) is 4.45. The highest BCUT2D eigenvalue weighted by Crippen LogP contribution is 2.39. The number of aromatic nitrogens is 2. The Hall–Kier alpha value is -2.98. The first-order valence-electron chi connectivity index (χ1n) is 8.25. The van der Waals surface area contributed by atoms with Gasteiger partial charge in [-0.2, -0.15) is 0 Å². The van der Waals surface area contributed by atoms with Gasteiger partial charge in [-0.1, -0.05) is 41.9 Å². The van der Waals surface area contributed by atoms with Gasteiger partial charge in [0.1, 0.15) is 17.0 Å². The Balaban J connectivity index is 1.92. The van der Waals surface area contributed by atoms with Gasteiger partial charge < -0.3 is 14.3 Å². The van der Waals surface area contributed by atoms with Crippen molar-refractivity contribution in [2.45, 2.75) is 6.92 Å². The third-order valence-corrected chi connectivity index (χ3v) is 4.74. The van der Waals surface area contributed by atoms with Crippen LogP contribution >= 0.6 is 11.6 Å². The second kappa shape index (κ2) is 6.39. The number of hydrogen-bond acceptors (Lipinski definition) is 2. The molecule has 0 bridgehead atoms. The highest BCUT2D eigenvalue weighted by molar-refractivity contribution is 6.32. The van der Waals surface area contributed by atoms with E-state index in [-0.39, 0.29) is 5.56 Å². The molecule has 2 aromatic heterocycles. The summed E-state index contributed by atoms with van der Waals surface area (Å²) in [5, 5.41) is 1.42. The summed E-state index contributed by atoms with van der Waals surface area (Å²) in [4.78, 5) is 15.4. The molecule has 4 nitrogen and oxygen atoms in total. The normalized spacial score (nSPS) is 11.0. The fourth-order valence-corrected chi connectivity index (χ4v) is 3.38. The quantitative estimate of drug-likeness (QED) is 0.537. The number of ether oxygens (including phenoxy) is 1. The van der Waals surface area contributed by atoms with Gasteiger partial charge in [0.05, 0.1) is 5.02 Å². The van der Waals surface area contributed by atoms with Gasteiger partial charge in [-0.25, -0.2) is 0 Å². The van der Waals surface area contributed by atoms with Crippen molar-refractivity contribution in [1.82, 2.24) is 9.55 Å². The molecule has 0 aliphatic heterocycles. The summed E-state index contributed by atoms with van der Waals surface area (Å²) in [6.45, 7) is 1.96. The molecular formula is C21H17ClN2O2. The second-order valence-corrected chi connectivity index (χ2v) is 6.62. The Kier molecular flexibility index (Phi) is 4.05. The van der Waals surface area contributed by atoms with Gasteiger partial charge in [-0.3, -0.25) is 4.79 Å². The van der Waals surface area contributed by atoms with Gasteiger partial charge in [-0.15, -0.1) is 0 Å². The van der Waals surface area contributed by atoms with E-state index in [1.165, 1.54) is 0 Å². The van der Waals surface area contributed by atoms with Crippen LogP contribution in [0.5, 0.6) is 11.5 Å². The van der Waals surface area contributed by atoms with E-state index in [4.69, 9.17) is 16.3 Å². The van der Waals surface area contributed by atoms with Crippen molar-refractivity contribution in [3.8, 4) is 22.6 Å².